The molecule has 0 saturated heterocycles. The normalized spacial score (nSPS) is 12.8. The Morgan fingerprint density at radius 1 is 0.386 bits per heavy atom. The summed E-state index contributed by atoms with van der Waals surface area (Å²) in [6.07, 6.45) is 0. The van der Waals surface area contributed by atoms with Crippen molar-refractivity contribution in [3.8, 4) is 0 Å². The molecule has 0 heterocycles. The summed E-state index contributed by atoms with van der Waals surface area (Å²) in [7, 11) is -6.35. The van der Waals surface area contributed by atoms with E-state index in [1.165, 1.54) is 95.0 Å². The summed E-state index contributed by atoms with van der Waals surface area (Å²) in [5.74, 6) is 0. The van der Waals surface area contributed by atoms with E-state index in [2.05, 4.69) is 147 Å². The fraction of sp³-hybridized carbons (Fsp3) is 0.632. The Balaban J connectivity index is 2.56. The maximum Gasteiger partial charge on any atom is 0.147 e. The zero-order valence-corrected chi connectivity index (χ0v) is 35.2. The van der Waals surface area contributed by atoms with Gasteiger partial charge in [-0.15, -0.1) is 0 Å². The Kier molecular flexibility index (Phi) is 15.0. The molecule has 2 aromatic carbocycles. The van der Waals surface area contributed by atoms with Gasteiger partial charge in [0.15, 0.2) is 0 Å². The first-order valence-corrected chi connectivity index (χ1v) is 28.8. The first-order chi connectivity index (χ1) is 21.1. The number of anilines is 2. The van der Waals surface area contributed by atoms with Crippen LogP contribution in [0.3, 0.4) is 0 Å². The summed E-state index contributed by atoms with van der Waals surface area (Å²) in [6.45, 7) is 34.3. The van der Waals surface area contributed by atoms with Crippen LogP contribution in [0.25, 0.3) is 5.57 Å². The van der Waals surface area contributed by atoms with Crippen molar-refractivity contribution in [3.05, 3.63) is 66.2 Å². The third-order valence-corrected chi connectivity index (χ3v) is 39.1. The quantitative estimate of drug-likeness (QED) is 0.130. The maximum absolute atomic E-state index is 4.64. The Bertz CT molecular complexity index is 966. The van der Waals surface area contributed by atoms with Gasteiger partial charge in [-0.1, -0.05) is 114 Å². The summed E-state index contributed by atoms with van der Waals surface area (Å²) in [5, 5.41) is 0. The number of nitrogens with zero attached hydrogens (tertiary/aromatic N) is 2. The third-order valence-electron chi connectivity index (χ3n) is 12.7. The van der Waals surface area contributed by atoms with Crippen LogP contribution in [0.5, 0.6) is 0 Å². The largest absolute Gasteiger partial charge is 0.424 e. The maximum atomic E-state index is 4.64. The molecule has 0 aliphatic heterocycles. The second kappa shape index (κ2) is 17.0. The molecule has 44 heavy (non-hydrogen) atoms. The molecule has 0 N–H and O–H groups in total. The van der Waals surface area contributed by atoms with Crippen LogP contribution in [0.15, 0.2) is 55.1 Å². The molecule has 2 nitrogen and oxygen atoms in total. The molecular weight excluding hydrogens is 597 g/mol. The van der Waals surface area contributed by atoms with Crippen molar-refractivity contribution in [2.45, 2.75) is 156 Å². The summed E-state index contributed by atoms with van der Waals surface area (Å²) in [6, 6.07) is 35.3. The summed E-state index contributed by atoms with van der Waals surface area (Å²) in [4.78, 5) is 0. The van der Waals surface area contributed by atoms with Crippen LogP contribution < -0.4 is 8.46 Å². The van der Waals surface area contributed by atoms with Gasteiger partial charge >= 0.3 is 0 Å². The molecular formula is C38H70N2Si4. The van der Waals surface area contributed by atoms with E-state index in [1.54, 1.807) is 0 Å². The SMILES string of the molecule is C=C(c1ccc(N([Si](CC)(CC)CC)[Si](CC)(CC)CC)cc1)c1ccc(N([Si](CC)(CC)CC)[Si](CC)(CC)CC)cc1. The third kappa shape index (κ3) is 7.13. The van der Waals surface area contributed by atoms with Crippen molar-refractivity contribution in [1.82, 2.24) is 0 Å². The van der Waals surface area contributed by atoms with Gasteiger partial charge < -0.3 is 8.46 Å². The van der Waals surface area contributed by atoms with Crippen LogP contribution >= 0.6 is 0 Å². The topological polar surface area (TPSA) is 6.48 Å². The Morgan fingerprint density at radius 3 is 0.727 bits per heavy atom. The average molecular weight is 667 g/mol. The highest BCUT2D eigenvalue weighted by Crippen LogP contribution is 2.42. The molecule has 0 spiro atoms. The molecule has 2 rings (SSSR count). The summed E-state index contributed by atoms with van der Waals surface area (Å²) < 4.78 is 6.24. The molecule has 0 bridgehead atoms. The highest BCUT2D eigenvalue weighted by Gasteiger charge is 2.47. The monoisotopic (exact) mass is 666 g/mol. The Labute approximate surface area is 279 Å². The second-order valence-corrected chi connectivity index (χ2v) is 34.3. The van der Waals surface area contributed by atoms with E-state index >= 15 is 0 Å². The van der Waals surface area contributed by atoms with Crippen molar-refractivity contribution < 1.29 is 0 Å². The first-order valence-electron chi connectivity index (χ1n) is 18.6. The minimum absolute atomic E-state index is 1.14. The van der Waals surface area contributed by atoms with E-state index < -0.39 is 32.9 Å². The van der Waals surface area contributed by atoms with Gasteiger partial charge in [0.25, 0.3) is 0 Å². The van der Waals surface area contributed by atoms with Crippen molar-refractivity contribution >= 4 is 49.9 Å². The molecule has 0 radical (unpaired) electrons. The first kappa shape index (κ1) is 38.8. The Morgan fingerprint density at radius 2 is 0.568 bits per heavy atom. The molecule has 2 aromatic rings. The number of rotatable bonds is 20. The van der Waals surface area contributed by atoms with Gasteiger partial charge in [-0.3, -0.25) is 0 Å². The van der Waals surface area contributed by atoms with Crippen molar-refractivity contribution in [3.63, 3.8) is 0 Å². The fourth-order valence-corrected chi connectivity index (χ4v) is 35.1. The van der Waals surface area contributed by atoms with E-state index in [0.29, 0.717) is 0 Å². The van der Waals surface area contributed by atoms with Gasteiger partial charge in [-0.25, -0.2) is 0 Å². The highest BCUT2D eigenvalue weighted by molar-refractivity contribution is 7.03. The molecule has 6 heteroatoms. The van der Waals surface area contributed by atoms with Crippen LogP contribution in [0.1, 0.15) is 94.2 Å². The van der Waals surface area contributed by atoms with Crippen LogP contribution in [0.2, 0.25) is 72.5 Å². The van der Waals surface area contributed by atoms with Gasteiger partial charge in [-0.05, 0) is 113 Å². The lowest BCUT2D eigenvalue weighted by atomic mass is 9.99. The molecule has 0 saturated carbocycles. The van der Waals surface area contributed by atoms with E-state index in [9.17, 15) is 0 Å². The van der Waals surface area contributed by atoms with E-state index in [-0.39, 0.29) is 0 Å². The van der Waals surface area contributed by atoms with E-state index in [1.807, 2.05) is 0 Å². The molecule has 0 aliphatic carbocycles. The zero-order chi connectivity index (χ0) is 33.2. The van der Waals surface area contributed by atoms with Crippen LogP contribution in [-0.4, -0.2) is 32.9 Å². The average Bonchev–Trinajstić information content (AvgIpc) is 3.10. The predicted octanol–water partition coefficient (Wildman–Crippen LogP) is 13.4. The number of benzene rings is 2. The lowest BCUT2D eigenvalue weighted by Crippen LogP contribution is -2.66. The van der Waals surface area contributed by atoms with Gasteiger partial charge in [0.05, 0.1) is 0 Å². The minimum Gasteiger partial charge on any atom is -0.424 e. The summed E-state index contributed by atoms with van der Waals surface area (Å²) in [5.41, 5.74) is 6.63. The molecule has 0 unspecified atom stereocenters. The molecule has 0 atom stereocenters. The number of hydrogen-bond donors (Lipinski definition) is 0. The lowest BCUT2D eigenvalue weighted by Gasteiger charge is -2.54. The van der Waals surface area contributed by atoms with Crippen molar-refractivity contribution in [1.29, 1.82) is 0 Å². The van der Waals surface area contributed by atoms with Crippen LogP contribution in [-0.2, 0) is 0 Å². The van der Waals surface area contributed by atoms with Gasteiger partial charge in [0.2, 0.25) is 0 Å². The standard InChI is InChI=1S/C38H70N2Si4/c1-14-41(15-2,16-3)39(42(17-4,18-5)19-6)37-30-26-35(27-31-37)34(13)36-28-32-38(33-29-36)40(43(20-7,21-8)22-9)44(23-10,24-11)25-12/h26-33H,13-25H2,1-12H3. The van der Waals surface area contributed by atoms with Gasteiger partial charge in [0, 0.05) is 11.4 Å². The molecule has 248 valence electrons. The van der Waals surface area contributed by atoms with E-state index in [4.69, 9.17) is 0 Å². The molecule has 0 amide bonds. The lowest BCUT2D eigenvalue weighted by molar-refractivity contribution is 1.06. The molecule has 0 fully saturated rings. The Hall–Kier alpha value is -1.35. The zero-order valence-electron chi connectivity index (χ0n) is 31.2. The van der Waals surface area contributed by atoms with Gasteiger partial charge in [0.1, 0.15) is 32.9 Å². The van der Waals surface area contributed by atoms with Crippen molar-refractivity contribution in [2.75, 3.05) is 8.46 Å². The predicted molar refractivity (Wildman–Crippen MR) is 215 cm³/mol. The highest BCUT2D eigenvalue weighted by atomic mass is 28.4. The second-order valence-electron chi connectivity index (χ2n) is 13.4. The number of hydrogen-bond acceptors (Lipinski definition) is 2. The van der Waals surface area contributed by atoms with Crippen LogP contribution in [0, 0.1) is 0 Å². The van der Waals surface area contributed by atoms with Crippen LogP contribution in [0.4, 0.5) is 11.4 Å². The summed E-state index contributed by atoms with van der Waals surface area (Å²) >= 11 is 0. The molecule has 0 aliphatic rings. The van der Waals surface area contributed by atoms with Crippen molar-refractivity contribution in [2.24, 2.45) is 0 Å². The van der Waals surface area contributed by atoms with Gasteiger partial charge in [-0.2, -0.15) is 0 Å². The molecule has 0 aromatic heterocycles. The van der Waals surface area contributed by atoms with E-state index in [0.717, 1.165) is 5.57 Å². The minimum atomic E-state index is -1.59. The smallest absolute Gasteiger partial charge is 0.147 e. The fourth-order valence-electron chi connectivity index (χ4n) is 8.79.